The van der Waals surface area contributed by atoms with Crippen LogP contribution in [0.5, 0.6) is 0 Å². The number of rotatable bonds is 11. The minimum atomic E-state index is -0.364. The van der Waals surface area contributed by atoms with Crippen molar-refractivity contribution in [2.45, 2.75) is 46.6 Å². The Hall–Kier alpha value is -3.82. The smallest absolute Gasteiger partial charge is 0.142 e. The summed E-state index contributed by atoms with van der Waals surface area (Å²) >= 11 is 0. The van der Waals surface area contributed by atoms with E-state index in [4.69, 9.17) is 5.73 Å². The molecule has 0 amide bonds. The fourth-order valence-electron chi connectivity index (χ4n) is 4.23. The Labute approximate surface area is 213 Å². The van der Waals surface area contributed by atoms with Crippen molar-refractivity contribution in [3.05, 3.63) is 102 Å². The molecule has 0 spiro atoms. The zero-order chi connectivity index (χ0) is 26.1. The quantitative estimate of drug-likeness (QED) is 0.338. The molecule has 0 bridgehead atoms. The molecule has 5 nitrogen and oxygen atoms in total. The van der Waals surface area contributed by atoms with E-state index in [-0.39, 0.29) is 11.7 Å². The summed E-state index contributed by atoms with van der Waals surface area (Å²) in [7, 11) is 0. The van der Waals surface area contributed by atoms with Crippen molar-refractivity contribution < 1.29 is 4.39 Å². The van der Waals surface area contributed by atoms with Crippen LogP contribution in [-0.2, 0) is 13.0 Å². The SMILES string of the molecule is C=C(C)N(/C=C(/c1cncc(F)c1)C(C)CCC)Cc1cc(C#N)ccc1-c1ccc(CCN)cn1. The summed E-state index contributed by atoms with van der Waals surface area (Å²) in [5.74, 6) is -0.167. The number of benzene rings is 1. The number of pyridine rings is 2. The molecule has 2 heterocycles. The van der Waals surface area contributed by atoms with Gasteiger partial charge in [-0.05, 0) is 73.2 Å². The van der Waals surface area contributed by atoms with Crippen LogP contribution in [0.1, 0.15) is 55.9 Å². The van der Waals surface area contributed by atoms with Crippen molar-refractivity contribution in [3.8, 4) is 17.3 Å². The normalized spacial score (nSPS) is 12.2. The van der Waals surface area contributed by atoms with Gasteiger partial charge in [-0.15, -0.1) is 0 Å². The number of aromatic nitrogens is 2. The molecule has 1 aromatic carbocycles. The van der Waals surface area contributed by atoms with Gasteiger partial charge < -0.3 is 10.6 Å². The molecule has 1 atom stereocenters. The third-order valence-electron chi connectivity index (χ3n) is 6.18. The number of hydrogen-bond donors (Lipinski definition) is 1. The van der Waals surface area contributed by atoms with Gasteiger partial charge in [0.25, 0.3) is 0 Å². The van der Waals surface area contributed by atoms with E-state index in [0.717, 1.165) is 58.5 Å². The zero-order valence-electron chi connectivity index (χ0n) is 21.3. The van der Waals surface area contributed by atoms with Gasteiger partial charge in [-0.25, -0.2) is 4.39 Å². The minimum absolute atomic E-state index is 0.196. The average Bonchev–Trinajstić information content (AvgIpc) is 2.87. The third-order valence-corrected chi connectivity index (χ3v) is 6.18. The van der Waals surface area contributed by atoms with E-state index >= 15 is 0 Å². The molecule has 6 heteroatoms. The molecule has 0 aliphatic rings. The van der Waals surface area contributed by atoms with E-state index in [0.29, 0.717) is 18.7 Å². The second-order valence-electron chi connectivity index (χ2n) is 9.10. The van der Waals surface area contributed by atoms with Crippen LogP contribution in [0.15, 0.2) is 73.5 Å². The number of nitrogens with two attached hydrogens (primary N) is 1. The molecule has 2 N–H and O–H groups in total. The lowest BCUT2D eigenvalue weighted by atomic mass is 9.91. The lowest BCUT2D eigenvalue weighted by Crippen LogP contribution is -2.17. The molecule has 0 saturated carbocycles. The van der Waals surface area contributed by atoms with Gasteiger partial charge in [0, 0.05) is 42.0 Å². The van der Waals surface area contributed by atoms with Crippen LogP contribution in [0, 0.1) is 23.1 Å². The number of allylic oxidation sites excluding steroid dienone is 2. The Balaban J connectivity index is 2.06. The van der Waals surface area contributed by atoms with Gasteiger partial charge in [0.2, 0.25) is 0 Å². The molecule has 0 fully saturated rings. The van der Waals surface area contributed by atoms with Gasteiger partial charge in [0.05, 0.1) is 23.5 Å². The van der Waals surface area contributed by atoms with E-state index in [1.54, 1.807) is 6.20 Å². The van der Waals surface area contributed by atoms with Crippen LogP contribution in [0.25, 0.3) is 16.8 Å². The molecule has 0 saturated heterocycles. The molecule has 3 rings (SSSR count). The fraction of sp³-hybridized carbons (Fsp3) is 0.300. The highest BCUT2D eigenvalue weighted by Crippen LogP contribution is 2.31. The van der Waals surface area contributed by atoms with Crippen molar-refractivity contribution in [2.75, 3.05) is 6.54 Å². The molecular weight excluding hydrogens is 449 g/mol. The predicted molar refractivity (Wildman–Crippen MR) is 144 cm³/mol. The Morgan fingerprint density at radius 3 is 2.64 bits per heavy atom. The minimum Gasteiger partial charge on any atom is -0.348 e. The highest BCUT2D eigenvalue weighted by atomic mass is 19.1. The van der Waals surface area contributed by atoms with Gasteiger partial charge in [-0.1, -0.05) is 39.0 Å². The lowest BCUT2D eigenvalue weighted by Gasteiger charge is -2.26. The van der Waals surface area contributed by atoms with Crippen LogP contribution < -0.4 is 5.73 Å². The predicted octanol–water partition coefficient (Wildman–Crippen LogP) is 6.47. The average molecular weight is 484 g/mol. The Morgan fingerprint density at radius 1 is 1.22 bits per heavy atom. The Morgan fingerprint density at radius 2 is 2.03 bits per heavy atom. The standard InChI is InChI=1S/C30H34FN5/c1-5-6-22(4)29(25-14-27(31)18-34-17-25)20-36(21(2)3)19-26-13-24(15-33)7-9-28(26)30-10-8-23(11-12-32)16-35-30/h7-10,13-14,16-18,20,22H,2,5-6,11-12,19,32H2,1,3-4H3/b29-20+. The Kier molecular flexibility index (Phi) is 9.49. The number of nitriles is 1. The first-order valence-electron chi connectivity index (χ1n) is 12.3. The van der Waals surface area contributed by atoms with Gasteiger partial charge >= 0.3 is 0 Å². The van der Waals surface area contributed by atoms with Crippen LogP contribution in [0.4, 0.5) is 4.39 Å². The lowest BCUT2D eigenvalue weighted by molar-refractivity contribution is 0.459. The largest absolute Gasteiger partial charge is 0.348 e. The van der Waals surface area contributed by atoms with Gasteiger partial charge in [0.15, 0.2) is 0 Å². The maximum atomic E-state index is 14.1. The van der Waals surface area contributed by atoms with Crippen LogP contribution in [0.3, 0.4) is 0 Å². The van der Waals surface area contributed by atoms with E-state index in [1.165, 1.54) is 12.3 Å². The number of hydrogen-bond acceptors (Lipinski definition) is 5. The first kappa shape index (κ1) is 26.8. The first-order valence-corrected chi connectivity index (χ1v) is 12.3. The van der Waals surface area contributed by atoms with Crippen molar-refractivity contribution in [1.82, 2.24) is 14.9 Å². The van der Waals surface area contributed by atoms with E-state index < -0.39 is 0 Å². The summed E-state index contributed by atoms with van der Waals surface area (Å²) in [5, 5.41) is 9.55. The molecular formula is C30H34FN5. The maximum Gasteiger partial charge on any atom is 0.142 e. The second kappa shape index (κ2) is 12.8. The summed E-state index contributed by atoms with van der Waals surface area (Å²) in [6.45, 7) is 11.5. The highest BCUT2D eigenvalue weighted by Gasteiger charge is 2.17. The molecule has 3 aromatic rings. The summed E-state index contributed by atoms with van der Waals surface area (Å²) in [4.78, 5) is 10.8. The van der Waals surface area contributed by atoms with Crippen molar-refractivity contribution in [3.63, 3.8) is 0 Å². The number of halogens is 1. The van der Waals surface area contributed by atoms with E-state index in [9.17, 15) is 9.65 Å². The summed E-state index contributed by atoms with van der Waals surface area (Å²) in [6, 6.07) is 13.4. The van der Waals surface area contributed by atoms with Gasteiger partial charge in [-0.3, -0.25) is 9.97 Å². The molecule has 186 valence electrons. The molecule has 0 radical (unpaired) electrons. The monoisotopic (exact) mass is 483 g/mol. The maximum absolute atomic E-state index is 14.1. The van der Waals surface area contributed by atoms with Crippen LogP contribution in [0.2, 0.25) is 0 Å². The summed E-state index contributed by atoms with van der Waals surface area (Å²) in [6.07, 6.45) is 9.55. The molecule has 0 aliphatic heterocycles. The summed E-state index contributed by atoms with van der Waals surface area (Å²) < 4.78 is 14.1. The van der Waals surface area contributed by atoms with Crippen LogP contribution >= 0.6 is 0 Å². The number of nitrogens with zero attached hydrogens (tertiary/aromatic N) is 4. The fourth-order valence-corrected chi connectivity index (χ4v) is 4.23. The Bertz CT molecular complexity index is 1260. The molecule has 0 aliphatic carbocycles. The van der Waals surface area contributed by atoms with Gasteiger partial charge in [-0.2, -0.15) is 5.26 Å². The summed E-state index contributed by atoms with van der Waals surface area (Å²) in [5.41, 5.74) is 12.6. The third kappa shape index (κ3) is 6.87. The van der Waals surface area contributed by atoms with Crippen molar-refractivity contribution in [1.29, 1.82) is 5.26 Å². The topological polar surface area (TPSA) is 78.8 Å². The van der Waals surface area contributed by atoms with Crippen molar-refractivity contribution in [2.24, 2.45) is 11.7 Å². The van der Waals surface area contributed by atoms with Gasteiger partial charge in [0.1, 0.15) is 5.82 Å². The molecule has 36 heavy (non-hydrogen) atoms. The molecule has 1 unspecified atom stereocenters. The van der Waals surface area contributed by atoms with E-state index in [1.807, 2.05) is 49.7 Å². The van der Waals surface area contributed by atoms with Crippen molar-refractivity contribution >= 4 is 5.57 Å². The zero-order valence-corrected chi connectivity index (χ0v) is 21.3. The van der Waals surface area contributed by atoms with Crippen LogP contribution in [-0.4, -0.2) is 21.4 Å². The second-order valence-corrected chi connectivity index (χ2v) is 9.10. The van der Waals surface area contributed by atoms with E-state index in [2.05, 4.69) is 41.4 Å². The first-order chi connectivity index (χ1) is 17.4. The highest BCUT2D eigenvalue weighted by molar-refractivity contribution is 5.68. The molecule has 2 aromatic heterocycles.